The number of rotatable bonds is 5. The molecule has 27 heavy (non-hydrogen) atoms. The molecular weight excluding hydrogens is 340 g/mol. The summed E-state index contributed by atoms with van der Waals surface area (Å²) in [7, 11) is 0. The quantitative estimate of drug-likeness (QED) is 0.595. The smallest absolute Gasteiger partial charge is 0.251 e. The van der Waals surface area contributed by atoms with Crippen LogP contribution in [0.1, 0.15) is 21.5 Å². The van der Waals surface area contributed by atoms with E-state index in [1.807, 2.05) is 49.6 Å². The van der Waals surface area contributed by atoms with Gasteiger partial charge in [0.25, 0.3) is 5.91 Å². The predicted octanol–water partition coefficient (Wildman–Crippen LogP) is 2.69. The highest BCUT2D eigenvalue weighted by molar-refractivity contribution is 5.94. The molecule has 0 saturated heterocycles. The van der Waals surface area contributed by atoms with Crippen LogP contribution in [0.3, 0.4) is 0 Å². The maximum absolute atomic E-state index is 12.4. The van der Waals surface area contributed by atoms with E-state index < -0.39 is 0 Å². The number of aromatic nitrogens is 5. The number of hydrogen-bond donors (Lipinski definition) is 1. The summed E-state index contributed by atoms with van der Waals surface area (Å²) in [6.45, 7) is 2.40. The van der Waals surface area contributed by atoms with Gasteiger partial charge in [-0.05, 0) is 60.5 Å². The maximum atomic E-state index is 12.4. The van der Waals surface area contributed by atoms with Crippen LogP contribution in [-0.4, -0.2) is 30.5 Å². The SMILES string of the molecule is Cc1cnn(-c2ccc(C(=O)NCc3ccnc(-n4cccn4)c3)cc2)c1. The topological polar surface area (TPSA) is 77.6 Å². The zero-order valence-electron chi connectivity index (χ0n) is 14.8. The van der Waals surface area contributed by atoms with Crippen LogP contribution in [0, 0.1) is 6.92 Å². The van der Waals surface area contributed by atoms with Gasteiger partial charge in [-0.2, -0.15) is 10.2 Å². The summed E-state index contributed by atoms with van der Waals surface area (Å²) in [5.41, 5.74) is 3.55. The van der Waals surface area contributed by atoms with Gasteiger partial charge in [-0.15, -0.1) is 0 Å². The fraction of sp³-hybridized carbons (Fsp3) is 0.100. The molecule has 4 aromatic rings. The molecule has 4 rings (SSSR count). The fourth-order valence-corrected chi connectivity index (χ4v) is 2.70. The molecule has 3 heterocycles. The minimum absolute atomic E-state index is 0.129. The van der Waals surface area contributed by atoms with E-state index >= 15 is 0 Å². The molecule has 0 fully saturated rings. The van der Waals surface area contributed by atoms with Crippen molar-refractivity contribution in [1.29, 1.82) is 0 Å². The van der Waals surface area contributed by atoms with Gasteiger partial charge in [0, 0.05) is 36.9 Å². The van der Waals surface area contributed by atoms with Crippen LogP contribution >= 0.6 is 0 Å². The van der Waals surface area contributed by atoms with Crippen molar-refractivity contribution in [2.24, 2.45) is 0 Å². The van der Waals surface area contributed by atoms with Gasteiger partial charge in [0.1, 0.15) is 0 Å². The van der Waals surface area contributed by atoms with E-state index in [0.717, 1.165) is 16.8 Å². The number of benzene rings is 1. The lowest BCUT2D eigenvalue weighted by Gasteiger charge is -2.08. The molecule has 3 aromatic heterocycles. The van der Waals surface area contributed by atoms with Crippen molar-refractivity contribution in [2.75, 3.05) is 0 Å². The second kappa shape index (κ2) is 7.25. The number of nitrogens with one attached hydrogen (secondary N) is 1. The third-order valence-electron chi connectivity index (χ3n) is 4.11. The van der Waals surface area contributed by atoms with Crippen LogP contribution in [0.2, 0.25) is 0 Å². The van der Waals surface area contributed by atoms with Gasteiger partial charge in [0.15, 0.2) is 5.82 Å². The molecule has 0 radical (unpaired) electrons. The first-order valence-electron chi connectivity index (χ1n) is 8.54. The van der Waals surface area contributed by atoms with E-state index in [1.165, 1.54) is 0 Å². The summed E-state index contributed by atoms with van der Waals surface area (Å²) in [5, 5.41) is 11.4. The summed E-state index contributed by atoms with van der Waals surface area (Å²) >= 11 is 0. The van der Waals surface area contributed by atoms with E-state index in [-0.39, 0.29) is 5.91 Å². The van der Waals surface area contributed by atoms with Crippen LogP contribution in [0.25, 0.3) is 11.5 Å². The molecule has 7 nitrogen and oxygen atoms in total. The summed E-state index contributed by atoms with van der Waals surface area (Å²) in [6.07, 6.45) is 8.97. The number of carbonyl (C=O) groups excluding carboxylic acids is 1. The van der Waals surface area contributed by atoms with Crippen LogP contribution < -0.4 is 5.32 Å². The average Bonchev–Trinajstić information content (AvgIpc) is 3.38. The number of nitrogens with zero attached hydrogens (tertiary/aromatic N) is 5. The Bertz CT molecular complexity index is 1050. The summed E-state index contributed by atoms with van der Waals surface area (Å²) < 4.78 is 3.46. The Kier molecular flexibility index (Phi) is 4.49. The third kappa shape index (κ3) is 3.77. The van der Waals surface area contributed by atoms with Crippen LogP contribution in [0.4, 0.5) is 0 Å². The van der Waals surface area contributed by atoms with E-state index in [1.54, 1.807) is 40.1 Å². The zero-order chi connectivity index (χ0) is 18.6. The van der Waals surface area contributed by atoms with Crippen molar-refractivity contribution < 1.29 is 4.79 Å². The van der Waals surface area contributed by atoms with E-state index in [2.05, 4.69) is 20.5 Å². The van der Waals surface area contributed by atoms with Gasteiger partial charge < -0.3 is 5.32 Å². The molecule has 1 amide bonds. The van der Waals surface area contributed by atoms with Crippen molar-refractivity contribution in [3.05, 3.63) is 90.1 Å². The van der Waals surface area contributed by atoms with Gasteiger partial charge >= 0.3 is 0 Å². The average molecular weight is 358 g/mol. The molecule has 0 unspecified atom stereocenters. The first kappa shape index (κ1) is 16.7. The standard InChI is InChI=1S/C20H18N6O/c1-15-12-24-26(14-15)18-5-3-17(4-6-18)20(27)22-13-16-7-9-21-19(11-16)25-10-2-8-23-25/h2-12,14H,13H2,1H3,(H,22,27). The highest BCUT2D eigenvalue weighted by Crippen LogP contribution is 2.11. The second-order valence-corrected chi connectivity index (χ2v) is 6.16. The molecule has 0 aliphatic carbocycles. The number of amides is 1. The molecule has 1 aromatic carbocycles. The first-order chi connectivity index (χ1) is 13.2. The third-order valence-corrected chi connectivity index (χ3v) is 4.11. The molecule has 0 spiro atoms. The number of aryl methyl sites for hydroxylation is 1. The Balaban J connectivity index is 1.41. The van der Waals surface area contributed by atoms with Crippen molar-refractivity contribution in [1.82, 2.24) is 29.9 Å². The van der Waals surface area contributed by atoms with Gasteiger partial charge in [-0.1, -0.05) is 0 Å². The van der Waals surface area contributed by atoms with Crippen LogP contribution in [0.15, 0.2) is 73.4 Å². The first-order valence-corrected chi connectivity index (χ1v) is 8.54. The van der Waals surface area contributed by atoms with Gasteiger partial charge in [0.05, 0.1) is 11.9 Å². The van der Waals surface area contributed by atoms with E-state index in [4.69, 9.17) is 0 Å². The lowest BCUT2D eigenvalue weighted by molar-refractivity contribution is 0.0951. The van der Waals surface area contributed by atoms with Crippen molar-refractivity contribution >= 4 is 5.91 Å². The lowest BCUT2D eigenvalue weighted by Crippen LogP contribution is -2.22. The fourth-order valence-electron chi connectivity index (χ4n) is 2.70. The Morgan fingerprint density at radius 2 is 1.93 bits per heavy atom. The monoisotopic (exact) mass is 358 g/mol. The molecule has 0 saturated carbocycles. The molecule has 7 heteroatoms. The van der Waals surface area contributed by atoms with Gasteiger partial charge in [-0.25, -0.2) is 14.3 Å². The molecule has 0 bridgehead atoms. The van der Waals surface area contributed by atoms with Crippen molar-refractivity contribution in [2.45, 2.75) is 13.5 Å². The summed E-state index contributed by atoms with van der Waals surface area (Å²) in [4.78, 5) is 16.7. The van der Waals surface area contributed by atoms with Gasteiger partial charge in [-0.3, -0.25) is 4.79 Å². The molecule has 1 N–H and O–H groups in total. The maximum Gasteiger partial charge on any atom is 0.251 e. The van der Waals surface area contributed by atoms with Crippen LogP contribution in [0.5, 0.6) is 0 Å². The summed E-state index contributed by atoms with van der Waals surface area (Å²) in [5.74, 6) is 0.585. The molecule has 134 valence electrons. The normalized spacial score (nSPS) is 10.7. The highest BCUT2D eigenvalue weighted by atomic mass is 16.1. The Labute approximate surface area is 156 Å². The molecule has 0 aliphatic heterocycles. The molecule has 0 aliphatic rings. The van der Waals surface area contributed by atoms with E-state index in [9.17, 15) is 4.79 Å². The predicted molar refractivity (Wildman–Crippen MR) is 101 cm³/mol. The highest BCUT2D eigenvalue weighted by Gasteiger charge is 2.07. The van der Waals surface area contributed by atoms with Crippen molar-refractivity contribution in [3.8, 4) is 11.5 Å². The van der Waals surface area contributed by atoms with Gasteiger partial charge in [0.2, 0.25) is 0 Å². The Morgan fingerprint density at radius 1 is 1.07 bits per heavy atom. The van der Waals surface area contributed by atoms with Crippen LogP contribution in [-0.2, 0) is 6.54 Å². The number of hydrogen-bond acceptors (Lipinski definition) is 4. The molecular formula is C20H18N6O. The largest absolute Gasteiger partial charge is 0.348 e. The second-order valence-electron chi connectivity index (χ2n) is 6.16. The zero-order valence-corrected chi connectivity index (χ0v) is 14.8. The Morgan fingerprint density at radius 3 is 2.63 bits per heavy atom. The van der Waals surface area contributed by atoms with E-state index in [0.29, 0.717) is 17.9 Å². The van der Waals surface area contributed by atoms with Crippen molar-refractivity contribution in [3.63, 3.8) is 0 Å². The Hall–Kier alpha value is -3.74. The molecule has 0 atom stereocenters. The minimum atomic E-state index is -0.129. The number of carbonyl (C=O) groups is 1. The number of pyridine rings is 1. The minimum Gasteiger partial charge on any atom is -0.348 e. The lowest BCUT2D eigenvalue weighted by atomic mass is 10.2. The summed E-state index contributed by atoms with van der Waals surface area (Å²) in [6, 6.07) is 13.0.